The summed E-state index contributed by atoms with van der Waals surface area (Å²) in [6.45, 7) is 2.17. The van der Waals surface area contributed by atoms with Gasteiger partial charge in [-0.1, -0.05) is 30.3 Å². The molecule has 6 nitrogen and oxygen atoms in total. The maximum absolute atomic E-state index is 12.3. The van der Waals surface area contributed by atoms with Crippen LogP contribution in [0.5, 0.6) is 0 Å². The van der Waals surface area contributed by atoms with E-state index in [0.717, 1.165) is 10.8 Å². The summed E-state index contributed by atoms with van der Waals surface area (Å²) in [5, 5.41) is 4.51. The Balaban J connectivity index is 0.00000288. The number of carbonyl (C=O) groups is 1. The SMILES string of the molecule is C[C@@H](CN)NC(=O)CCNS(=O)(=O)c1ccc2ccccc2c1.Cl. The number of nitrogens with two attached hydrogens (primary N) is 1. The Morgan fingerprint density at radius 2 is 1.83 bits per heavy atom. The van der Waals surface area contributed by atoms with Gasteiger partial charge in [0.05, 0.1) is 4.90 Å². The molecule has 0 fully saturated rings. The van der Waals surface area contributed by atoms with Crippen molar-refractivity contribution in [2.45, 2.75) is 24.3 Å². The van der Waals surface area contributed by atoms with Crippen LogP contribution in [0.25, 0.3) is 10.8 Å². The fourth-order valence-corrected chi connectivity index (χ4v) is 3.19. The topological polar surface area (TPSA) is 101 Å². The van der Waals surface area contributed by atoms with Crippen LogP contribution in [0.4, 0.5) is 0 Å². The first kappa shape index (κ1) is 20.4. The van der Waals surface area contributed by atoms with E-state index in [-0.39, 0.29) is 42.2 Å². The summed E-state index contributed by atoms with van der Waals surface area (Å²) in [5.41, 5.74) is 5.41. The van der Waals surface area contributed by atoms with E-state index in [4.69, 9.17) is 5.73 Å². The second kappa shape index (κ2) is 8.98. The smallest absolute Gasteiger partial charge is 0.240 e. The second-order valence-corrected chi connectivity index (χ2v) is 7.13. The first-order valence-corrected chi connectivity index (χ1v) is 8.88. The second-order valence-electron chi connectivity index (χ2n) is 5.36. The molecule has 0 heterocycles. The minimum absolute atomic E-state index is 0. The molecule has 0 aliphatic rings. The number of nitrogens with one attached hydrogen (secondary N) is 2. The summed E-state index contributed by atoms with van der Waals surface area (Å²) in [6, 6.07) is 12.3. The molecule has 0 radical (unpaired) electrons. The lowest BCUT2D eigenvalue weighted by Crippen LogP contribution is -2.39. The van der Waals surface area contributed by atoms with Gasteiger partial charge in [0, 0.05) is 25.6 Å². The molecule has 24 heavy (non-hydrogen) atoms. The summed E-state index contributed by atoms with van der Waals surface area (Å²) >= 11 is 0. The van der Waals surface area contributed by atoms with Gasteiger partial charge in [-0.15, -0.1) is 12.4 Å². The van der Waals surface area contributed by atoms with Gasteiger partial charge in [0.1, 0.15) is 0 Å². The van der Waals surface area contributed by atoms with Crippen LogP contribution in [-0.2, 0) is 14.8 Å². The lowest BCUT2D eigenvalue weighted by molar-refractivity contribution is -0.121. The van der Waals surface area contributed by atoms with E-state index in [1.807, 2.05) is 24.3 Å². The fourth-order valence-electron chi connectivity index (χ4n) is 2.12. The van der Waals surface area contributed by atoms with Crippen molar-refractivity contribution in [3.63, 3.8) is 0 Å². The Hall–Kier alpha value is -1.67. The molecule has 1 amide bonds. The Kier molecular flexibility index (Phi) is 7.62. The zero-order valence-corrected chi connectivity index (χ0v) is 15.0. The molecule has 2 aromatic rings. The van der Waals surface area contributed by atoms with Crippen molar-refractivity contribution in [3.8, 4) is 0 Å². The van der Waals surface area contributed by atoms with E-state index < -0.39 is 10.0 Å². The molecule has 2 aromatic carbocycles. The van der Waals surface area contributed by atoms with Gasteiger partial charge < -0.3 is 11.1 Å². The van der Waals surface area contributed by atoms with Crippen LogP contribution in [0.2, 0.25) is 0 Å². The van der Waals surface area contributed by atoms with E-state index in [9.17, 15) is 13.2 Å². The van der Waals surface area contributed by atoms with Crippen molar-refractivity contribution in [2.24, 2.45) is 5.73 Å². The van der Waals surface area contributed by atoms with Crippen molar-refractivity contribution in [1.29, 1.82) is 0 Å². The summed E-state index contributed by atoms with van der Waals surface area (Å²) in [7, 11) is -3.64. The van der Waals surface area contributed by atoms with Gasteiger partial charge in [0.2, 0.25) is 15.9 Å². The Bertz CT molecular complexity index is 796. The van der Waals surface area contributed by atoms with Gasteiger partial charge in [-0.2, -0.15) is 0 Å². The van der Waals surface area contributed by atoms with Crippen molar-refractivity contribution in [2.75, 3.05) is 13.1 Å². The van der Waals surface area contributed by atoms with E-state index in [1.165, 1.54) is 0 Å². The maximum atomic E-state index is 12.3. The predicted molar refractivity (Wildman–Crippen MR) is 97.7 cm³/mol. The molecular formula is C16H22ClN3O3S. The highest BCUT2D eigenvalue weighted by Gasteiger charge is 2.15. The molecule has 0 aliphatic carbocycles. The monoisotopic (exact) mass is 371 g/mol. The number of carbonyl (C=O) groups excluding carboxylic acids is 1. The number of fused-ring (bicyclic) bond motifs is 1. The zero-order valence-electron chi connectivity index (χ0n) is 13.4. The number of hydrogen-bond acceptors (Lipinski definition) is 4. The van der Waals surface area contributed by atoms with Crippen LogP contribution in [0.3, 0.4) is 0 Å². The summed E-state index contributed by atoms with van der Waals surface area (Å²) in [6.07, 6.45) is 0.0666. The normalized spacial score (nSPS) is 12.4. The number of sulfonamides is 1. The van der Waals surface area contributed by atoms with Gasteiger partial charge in [0.25, 0.3) is 0 Å². The molecule has 1 atom stereocenters. The summed E-state index contributed by atoms with van der Waals surface area (Å²) < 4.78 is 27.0. The molecule has 0 spiro atoms. The Morgan fingerprint density at radius 3 is 2.50 bits per heavy atom. The highest BCUT2D eigenvalue weighted by Crippen LogP contribution is 2.18. The van der Waals surface area contributed by atoms with Gasteiger partial charge >= 0.3 is 0 Å². The quantitative estimate of drug-likeness (QED) is 0.684. The maximum Gasteiger partial charge on any atom is 0.240 e. The average Bonchev–Trinajstić information content (AvgIpc) is 2.54. The first-order chi connectivity index (χ1) is 10.9. The number of hydrogen-bond donors (Lipinski definition) is 3. The van der Waals surface area contributed by atoms with Gasteiger partial charge in [-0.25, -0.2) is 13.1 Å². The molecule has 0 aromatic heterocycles. The average molecular weight is 372 g/mol. The zero-order chi connectivity index (χ0) is 16.9. The Labute approximate surface area is 148 Å². The molecule has 0 unspecified atom stereocenters. The molecule has 2 rings (SSSR count). The van der Waals surface area contributed by atoms with E-state index in [1.54, 1.807) is 25.1 Å². The highest BCUT2D eigenvalue weighted by molar-refractivity contribution is 7.89. The molecule has 4 N–H and O–H groups in total. The van der Waals surface area contributed by atoms with Crippen LogP contribution in [0.15, 0.2) is 47.4 Å². The van der Waals surface area contributed by atoms with Crippen LogP contribution >= 0.6 is 12.4 Å². The fraction of sp³-hybridized carbons (Fsp3) is 0.312. The largest absolute Gasteiger partial charge is 0.352 e. The first-order valence-electron chi connectivity index (χ1n) is 7.40. The third-order valence-corrected chi connectivity index (χ3v) is 4.90. The minimum atomic E-state index is -3.64. The number of benzene rings is 2. The molecule has 0 bridgehead atoms. The predicted octanol–water partition coefficient (Wildman–Crippen LogP) is 1.39. The van der Waals surface area contributed by atoms with Crippen LogP contribution in [0, 0.1) is 0 Å². The van der Waals surface area contributed by atoms with Crippen molar-refractivity contribution in [3.05, 3.63) is 42.5 Å². The number of amides is 1. The van der Waals surface area contributed by atoms with Gasteiger partial charge in [0.15, 0.2) is 0 Å². The van der Waals surface area contributed by atoms with Gasteiger partial charge in [-0.3, -0.25) is 4.79 Å². The van der Waals surface area contributed by atoms with E-state index in [0.29, 0.717) is 6.54 Å². The molecule has 0 aliphatic heterocycles. The van der Waals surface area contributed by atoms with Gasteiger partial charge in [-0.05, 0) is 29.8 Å². The molecule has 8 heteroatoms. The third-order valence-electron chi connectivity index (χ3n) is 3.44. The molecule has 0 saturated heterocycles. The van der Waals surface area contributed by atoms with Crippen LogP contribution < -0.4 is 15.8 Å². The lowest BCUT2D eigenvalue weighted by atomic mass is 10.1. The highest BCUT2D eigenvalue weighted by atomic mass is 35.5. The minimum Gasteiger partial charge on any atom is -0.352 e. The van der Waals surface area contributed by atoms with Crippen molar-refractivity contribution < 1.29 is 13.2 Å². The molecular weight excluding hydrogens is 350 g/mol. The lowest BCUT2D eigenvalue weighted by Gasteiger charge is -2.11. The van der Waals surface area contributed by atoms with Crippen LogP contribution in [-0.4, -0.2) is 33.5 Å². The standard InChI is InChI=1S/C16H21N3O3S.ClH/c1-12(11-17)19-16(20)8-9-18-23(21,22)15-7-6-13-4-2-3-5-14(13)10-15;/h2-7,10,12,18H,8-9,11,17H2,1H3,(H,19,20);1H/t12-;/m0./s1. The summed E-state index contributed by atoms with van der Waals surface area (Å²) in [5.74, 6) is -0.232. The van der Waals surface area contributed by atoms with E-state index in [2.05, 4.69) is 10.0 Å². The number of halogens is 1. The van der Waals surface area contributed by atoms with Crippen molar-refractivity contribution in [1.82, 2.24) is 10.0 Å². The Morgan fingerprint density at radius 1 is 1.17 bits per heavy atom. The third kappa shape index (κ3) is 5.45. The van der Waals surface area contributed by atoms with Crippen LogP contribution in [0.1, 0.15) is 13.3 Å². The van der Waals surface area contributed by atoms with Crippen molar-refractivity contribution >= 4 is 39.1 Å². The summed E-state index contributed by atoms with van der Waals surface area (Å²) in [4.78, 5) is 11.8. The van der Waals surface area contributed by atoms with E-state index >= 15 is 0 Å². The molecule has 132 valence electrons. The number of rotatable bonds is 7. The molecule has 0 saturated carbocycles.